The van der Waals surface area contributed by atoms with Crippen molar-refractivity contribution >= 4 is 11.9 Å². The molecule has 3 N–H and O–H groups in total. The summed E-state index contributed by atoms with van der Waals surface area (Å²) in [6.07, 6.45) is 3.03. The van der Waals surface area contributed by atoms with Crippen LogP contribution in [0.4, 0.5) is 0 Å². The predicted molar refractivity (Wildman–Crippen MR) is 64.7 cm³/mol. The summed E-state index contributed by atoms with van der Waals surface area (Å²) in [5.74, 6) is -0.362. The molecule has 3 atom stereocenters. The molecular weight excluding hydrogens is 220 g/mol. The smallest absolute Gasteiger partial charge is 0.305 e. The van der Waals surface area contributed by atoms with E-state index in [-0.39, 0.29) is 24.4 Å². The molecule has 17 heavy (non-hydrogen) atoms. The lowest BCUT2D eigenvalue weighted by Crippen LogP contribution is -2.50. The number of piperidine rings is 1. The summed E-state index contributed by atoms with van der Waals surface area (Å²) in [7, 11) is 0. The summed E-state index contributed by atoms with van der Waals surface area (Å²) in [4.78, 5) is 22.4. The predicted octanol–water partition coefficient (Wildman–Crippen LogP) is 0.744. The van der Waals surface area contributed by atoms with Crippen LogP contribution in [-0.4, -0.2) is 35.6 Å². The monoisotopic (exact) mass is 242 g/mol. The minimum atomic E-state index is -0.888. The maximum Gasteiger partial charge on any atom is 0.305 e. The molecule has 0 radical (unpaired) electrons. The summed E-state index contributed by atoms with van der Waals surface area (Å²) >= 11 is 0. The van der Waals surface area contributed by atoms with Gasteiger partial charge in [0, 0.05) is 6.04 Å². The lowest BCUT2D eigenvalue weighted by molar-refractivity contribution is -0.137. The molecule has 1 aliphatic heterocycles. The Morgan fingerprint density at radius 3 is 2.82 bits per heavy atom. The first-order chi connectivity index (χ1) is 8.02. The molecule has 0 aromatic rings. The molecule has 3 unspecified atom stereocenters. The lowest BCUT2D eigenvalue weighted by Gasteiger charge is -2.29. The molecule has 0 spiro atoms. The Kier molecular flexibility index (Phi) is 5.41. The molecule has 5 nitrogen and oxygen atoms in total. The number of carbonyl (C=O) groups is 2. The molecule has 0 bridgehead atoms. The van der Waals surface area contributed by atoms with E-state index in [1.807, 2.05) is 0 Å². The number of carbonyl (C=O) groups excluding carboxylic acids is 1. The summed E-state index contributed by atoms with van der Waals surface area (Å²) in [6, 6.07) is -0.478. The fraction of sp³-hybridized carbons (Fsp3) is 0.833. The SMILES string of the molecule is CCC1CCNC(C(=O)NC(C)CC(=O)O)C1. The van der Waals surface area contributed by atoms with Crippen molar-refractivity contribution in [2.24, 2.45) is 5.92 Å². The quantitative estimate of drug-likeness (QED) is 0.664. The molecule has 5 heteroatoms. The first-order valence-corrected chi connectivity index (χ1v) is 6.28. The van der Waals surface area contributed by atoms with E-state index in [0.29, 0.717) is 5.92 Å². The van der Waals surface area contributed by atoms with Crippen LogP contribution in [0.25, 0.3) is 0 Å². The maximum atomic E-state index is 11.9. The number of hydrogen-bond acceptors (Lipinski definition) is 3. The van der Waals surface area contributed by atoms with Gasteiger partial charge in [-0.1, -0.05) is 13.3 Å². The molecule has 1 heterocycles. The summed E-state index contributed by atoms with van der Waals surface area (Å²) in [5, 5.41) is 14.5. The second kappa shape index (κ2) is 6.59. The van der Waals surface area contributed by atoms with Crippen molar-refractivity contribution in [1.82, 2.24) is 10.6 Å². The Balaban J connectivity index is 2.38. The van der Waals surface area contributed by atoms with Gasteiger partial charge in [0.2, 0.25) is 5.91 Å². The first-order valence-electron chi connectivity index (χ1n) is 6.28. The molecule has 0 saturated carbocycles. The molecule has 0 aliphatic carbocycles. The Morgan fingerprint density at radius 1 is 1.53 bits per heavy atom. The number of amides is 1. The third kappa shape index (κ3) is 4.73. The third-order valence-electron chi connectivity index (χ3n) is 3.28. The van der Waals surface area contributed by atoms with Crippen molar-refractivity contribution in [3.63, 3.8) is 0 Å². The van der Waals surface area contributed by atoms with Crippen LogP contribution in [0.2, 0.25) is 0 Å². The summed E-state index contributed by atoms with van der Waals surface area (Å²) in [6.45, 7) is 4.72. The fourth-order valence-corrected chi connectivity index (χ4v) is 2.22. The highest BCUT2D eigenvalue weighted by Crippen LogP contribution is 2.19. The van der Waals surface area contributed by atoms with E-state index < -0.39 is 5.97 Å². The Bertz CT molecular complexity index is 281. The van der Waals surface area contributed by atoms with E-state index in [9.17, 15) is 9.59 Å². The maximum absolute atomic E-state index is 11.9. The number of carboxylic acids is 1. The highest BCUT2D eigenvalue weighted by molar-refractivity contribution is 5.82. The van der Waals surface area contributed by atoms with Gasteiger partial charge in [-0.2, -0.15) is 0 Å². The summed E-state index contributed by atoms with van der Waals surface area (Å²) < 4.78 is 0. The lowest BCUT2D eigenvalue weighted by atomic mass is 9.90. The second-order valence-corrected chi connectivity index (χ2v) is 4.81. The molecule has 1 rings (SSSR count). The standard InChI is InChI=1S/C12H22N2O3/c1-3-9-4-5-13-10(7-9)12(17)14-8(2)6-11(15)16/h8-10,13H,3-7H2,1-2H3,(H,14,17)(H,15,16). The van der Waals surface area contributed by atoms with Crippen LogP contribution in [0.15, 0.2) is 0 Å². The van der Waals surface area contributed by atoms with E-state index >= 15 is 0 Å². The van der Waals surface area contributed by atoms with Crippen molar-refractivity contribution in [2.75, 3.05) is 6.54 Å². The van der Waals surface area contributed by atoms with Gasteiger partial charge in [-0.15, -0.1) is 0 Å². The van der Waals surface area contributed by atoms with Crippen LogP contribution < -0.4 is 10.6 Å². The van der Waals surface area contributed by atoms with E-state index in [2.05, 4.69) is 17.6 Å². The summed E-state index contributed by atoms with van der Waals surface area (Å²) in [5.41, 5.74) is 0. The van der Waals surface area contributed by atoms with Gasteiger partial charge in [0.25, 0.3) is 0 Å². The van der Waals surface area contributed by atoms with Crippen molar-refractivity contribution in [2.45, 2.75) is 51.6 Å². The molecule has 98 valence electrons. The van der Waals surface area contributed by atoms with E-state index in [1.165, 1.54) is 0 Å². The first kappa shape index (κ1) is 14.0. The van der Waals surface area contributed by atoms with E-state index in [1.54, 1.807) is 6.92 Å². The number of rotatable bonds is 5. The average molecular weight is 242 g/mol. The van der Waals surface area contributed by atoms with Gasteiger partial charge in [-0.25, -0.2) is 0 Å². The minimum Gasteiger partial charge on any atom is -0.481 e. The highest BCUT2D eigenvalue weighted by Gasteiger charge is 2.26. The zero-order valence-electron chi connectivity index (χ0n) is 10.5. The zero-order chi connectivity index (χ0) is 12.8. The van der Waals surface area contributed by atoms with Gasteiger partial charge >= 0.3 is 5.97 Å². The van der Waals surface area contributed by atoms with Gasteiger partial charge in [-0.05, 0) is 32.2 Å². The number of nitrogens with one attached hydrogen (secondary N) is 2. The molecule has 1 fully saturated rings. The molecular formula is C12H22N2O3. The van der Waals surface area contributed by atoms with Gasteiger partial charge in [0.05, 0.1) is 12.5 Å². The van der Waals surface area contributed by atoms with E-state index in [0.717, 1.165) is 25.8 Å². The van der Waals surface area contributed by atoms with Crippen LogP contribution in [0, 0.1) is 5.92 Å². The molecule has 1 saturated heterocycles. The second-order valence-electron chi connectivity index (χ2n) is 4.81. The Morgan fingerprint density at radius 2 is 2.24 bits per heavy atom. The highest BCUT2D eigenvalue weighted by atomic mass is 16.4. The average Bonchev–Trinajstić information content (AvgIpc) is 2.27. The van der Waals surface area contributed by atoms with Gasteiger partial charge in [0.15, 0.2) is 0 Å². The Hall–Kier alpha value is -1.10. The molecule has 0 aromatic heterocycles. The number of aliphatic carboxylic acids is 1. The molecule has 0 aromatic carbocycles. The molecule has 1 aliphatic rings. The van der Waals surface area contributed by atoms with Crippen molar-refractivity contribution in [3.05, 3.63) is 0 Å². The largest absolute Gasteiger partial charge is 0.481 e. The van der Waals surface area contributed by atoms with Crippen molar-refractivity contribution in [3.8, 4) is 0 Å². The van der Waals surface area contributed by atoms with Crippen molar-refractivity contribution < 1.29 is 14.7 Å². The Labute approximate surface area is 102 Å². The van der Waals surface area contributed by atoms with Gasteiger partial charge in [-0.3, -0.25) is 9.59 Å². The van der Waals surface area contributed by atoms with Gasteiger partial charge in [0.1, 0.15) is 0 Å². The topological polar surface area (TPSA) is 78.4 Å². The van der Waals surface area contributed by atoms with Crippen LogP contribution in [0.3, 0.4) is 0 Å². The third-order valence-corrected chi connectivity index (χ3v) is 3.28. The van der Waals surface area contributed by atoms with Crippen LogP contribution >= 0.6 is 0 Å². The minimum absolute atomic E-state index is 0.0321. The van der Waals surface area contributed by atoms with Crippen molar-refractivity contribution in [1.29, 1.82) is 0 Å². The van der Waals surface area contributed by atoms with Gasteiger partial charge < -0.3 is 15.7 Å². The number of carboxylic acid groups (broad SMARTS) is 1. The van der Waals surface area contributed by atoms with Crippen LogP contribution in [0.1, 0.15) is 39.5 Å². The van der Waals surface area contributed by atoms with E-state index in [4.69, 9.17) is 5.11 Å². The fourth-order valence-electron chi connectivity index (χ4n) is 2.22. The normalized spacial score (nSPS) is 26.2. The number of hydrogen-bond donors (Lipinski definition) is 3. The molecule has 1 amide bonds. The van der Waals surface area contributed by atoms with Crippen LogP contribution in [0.5, 0.6) is 0 Å². The zero-order valence-corrected chi connectivity index (χ0v) is 10.5. The van der Waals surface area contributed by atoms with Crippen LogP contribution in [-0.2, 0) is 9.59 Å².